The molecular weight excluding hydrogens is 256 g/mol. The Kier molecular flexibility index (Phi) is 6.73. The maximum atomic E-state index is 11.2. The predicted molar refractivity (Wildman–Crippen MR) is 72.7 cm³/mol. The molecule has 0 aliphatic heterocycles. The molecule has 0 saturated heterocycles. The van der Waals surface area contributed by atoms with Crippen LogP contribution in [0.25, 0.3) is 0 Å². The van der Waals surface area contributed by atoms with Gasteiger partial charge in [0.25, 0.3) is 0 Å². The Morgan fingerprint density at radius 3 is 3.00 bits per heavy atom. The maximum Gasteiger partial charge on any atom is 0.316 e. The minimum absolute atomic E-state index is 0.209. The molecule has 1 heterocycles. The normalized spacial score (nSPS) is 11.3. The number of hydrogen-bond donors (Lipinski definition) is 0. The van der Waals surface area contributed by atoms with Gasteiger partial charge in [0.15, 0.2) is 12.4 Å². The third-order valence-corrected chi connectivity index (χ3v) is 3.72. The quantitative estimate of drug-likeness (QED) is 0.478. The molecule has 0 aromatic carbocycles. The van der Waals surface area contributed by atoms with E-state index in [1.165, 1.54) is 23.5 Å². The zero-order valence-electron chi connectivity index (χ0n) is 9.80. The number of nitrogens with one attached hydrogen (secondary N) is 1. The SMILES string of the molecule is CCOC(=O)CSC(=Nc1ccc[nH+]c1)SC. The van der Waals surface area contributed by atoms with Crippen LogP contribution in [0.4, 0.5) is 5.69 Å². The summed E-state index contributed by atoms with van der Waals surface area (Å²) in [6, 6.07) is 3.78. The molecule has 0 saturated carbocycles. The third kappa shape index (κ3) is 5.74. The van der Waals surface area contributed by atoms with Gasteiger partial charge >= 0.3 is 5.97 Å². The van der Waals surface area contributed by atoms with E-state index >= 15 is 0 Å². The number of nitrogens with zero attached hydrogens (tertiary/aromatic N) is 1. The molecule has 0 aliphatic rings. The number of hydrogen-bond acceptors (Lipinski definition) is 5. The molecule has 1 aromatic rings. The molecule has 0 aliphatic carbocycles. The summed E-state index contributed by atoms with van der Waals surface area (Å²) in [5.74, 6) is 0.0863. The Morgan fingerprint density at radius 1 is 1.59 bits per heavy atom. The van der Waals surface area contributed by atoms with Crippen molar-refractivity contribution in [3.63, 3.8) is 0 Å². The second-order valence-electron chi connectivity index (χ2n) is 2.94. The maximum absolute atomic E-state index is 11.2. The van der Waals surface area contributed by atoms with Crippen molar-refractivity contribution in [3.05, 3.63) is 24.5 Å². The molecule has 0 radical (unpaired) electrons. The molecule has 1 rings (SSSR count). The molecule has 92 valence electrons. The van der Waals surface area contributed by atoms with Crippen LogP contribution < -0.4 is 4.98 Å². The first-order chi connectivity index (χ1) is 8.26. The van der Waals surface area contributed by atoms with Gasteiger partial charge in [-0.3, -0.25) is 4.79 Å². The number of ether oxygens (including phenoxy) is 1. The zero-order chi connectivity index (χ0) is 12.5. The fraction of sp³-hybridized carbons (Fsp3) is 0.364. The summed E-state index contributed by atoms with van der Waals surface area (Å²) in [5.41, 5.74) is 0.841. The molecule has 4 nitrogen and oxygen atoms in total. The zero-order valence-corrected chi connectivity index (χ0v) is 11.4. The van der Waals surface area contributed by atoms with Gasteiger partial charge in [0.2, 0.25) is 0 Å². The number of carbonyl (C=O) groups is 1. The summed E-state index contributed by atoms with van der Waals surface area (Å²) in [7, 11) is 0. The van der Waals surface area contributed by atoms with Crippen molar-refractivity contribution >= 4 is 39.6 Å². The summed E-state index contributed by atoms with van der Waals surface area (Å²) < 4.78 is 5.70. The topological polar surface area (TPSA) is 52.8 Å². The summed E-state index contributed by atoms with van der Waals surface area (Å²) in [6.07, 6.45) is 5.56. The van der Waals surface area contributed by atoms with E-state index in [1.54, 1.807) is 13.1 Å². The molecule has 1 aromatic heterocycles. The number of esters is 1. The van der Waals surface area contributed by atoms with E-state index in [9.17, 15) is 4.79 Å². The molecule has 0 unspecified atom stereocenters. The van der Waals surface area contributed by atoms with Crippen molar-refractivity contribution in [1.29, 1.82) is 0 Å². The molecule has 1 N–H and O–H groups in total. The second kappa shape index (κ2) is 8.14. The summed E-state index contributed by atoms with van der Waals surface area (Å²) in [5, 5.41) is 0. The standard InChI is InChI=1S/C11H14N2O2S2/c1-3-15-10(14)8-17-11(16-2)13-9-5-4-6-12-7-9/h4-7H,3,8H2,1-2H3/p+1. The summed E-state index contributed by atoms with van der Waals surface area (Å²) >= 11 is 2.91. The monoisotopic (exact) mass is 271 g/mol. The van der Waals surface area contributed by atoms with Crippen LogP contribution in [0.15, 0.2) is 29.5 Å². The van der Waals surface area contributed by atoms with Crippen molar-refractivity contribution in [2.75, 3.05) is 18.6 Å². The van der Waals surface area contributed by atoms with E-state index in [2.05, 4.69) is 9.98 Å². The van der Waals surface area contributed by atoms with E-state index in [-0.39, 0.29) is 5.97 Å². The molecule has 17 heavy (non-hydrogen) atoms. The molecule has 0 atom stereocenters. The van der Waals surface area contributed by atoms with Gasteiger partial charge in [0.05, 0.1) is 12.4 Å². The van der Waals surface area contributed by atoms with E-state index in [0.717, 1.165) is 10.1 Å². The number of thioether (sulfide) groups is 2. The number of aromatic amines is 1. The Morgan fingerprint density at radius 2 is 2.41 bits per heavy atom. The van der Waals surface area contributed by atoms with Gasteiger partial charge in [0, 0.05) is 6.07 Å². The van der Waals surface area contributed by atoms with Crippen LogP contribution in [-0.4, -0.2) is 29.0 Å². The highest BCUT2D eigenvalue weighted by molar-refractivity contribution is 8.38. The average Bonchev–Trinajstić information content (AvgIpc) is 2.36. The van der Waals surface area contributed by atoms with Gasteiger partial charge in [-0.2, -0.15) is 0 Å². The molecule has 0 spiro atoms. The lowest BCUT2D eigenvalue weighted by Gasteiger charge is -2.02. The molecule has 0 fully saturated rings. The first-order valence-electron chi connectivity index (χ1n) is 5.13. The molecular formula is C11H15N2O2S2+. The highest BCUT2D eigenvalue weighted by Gasteiger charge is 2.06. The number of pyridine rings is 1. The van der Waals surface area contributed by atoms with Crippen molar-refractivity contribution in [3.8, 4) is 0 Å². The number of H-pyrrole nitrogens is 1. The average molecular weight is 271 g/mol. The van der Waals surface area contributed by atoms with Gasteiger partial charge in [-0.1, -0.05) is 11.8 Å². The fourth-order valence-corrected chi connectivity index (χ4v) is 2.36. The third-order valence-electron chi connectivity index (χ3n) is 1.70. The van der Waals surface area contributed by atoms with Crippen molar-refractivity contribution < 1.29 is 14.5 Å². The number of rotatable bonds is 4. The highest BCUT2D eigenvalue weighted by atomic mass is 32.2. The van der Waals surface area contributed by atoms with Gasteiger partial charge in [-0.25, -0.2) is 9.98 Å². The van der Waals surface area contributed by atoms with Crippen LogP contribution in [0.2, 0.25) is 0 Å². The molecule has 0 bridgehead atoms. The van der Waals surface area contributed by atoms with Crippen LogP contribution in [0, 0.1) is 0 Å². The van der Waals surface area contributed by atoms with Gasteiger partial charge in [-0.15, -0.1) is 11.8 Å². The van der Waals surface area contributed by atoms with Gasteiger partial charge in [-0.05, 0) is 19.2 Å². The lowest BCUT2D eigenvalue weighted by molar-refractivity contribution is -0.377. The number of aliphatic imine (C=N–C) groups is 1. The van der Waals surface area contributed by atoms with Gasteiger partial charge in [0.1, 0.15) is 10.1 Å². The number of carbonyl (C=O) groups excluding carboxylic acids is 1. The first kappa shape index (κ1) is 14.1. The molecule has 6 heteroatoms. The summed E-state index contributed by atoms with van der Waals surface area (Å²) in [4.78, 5) is 18.6. The first-order valence-corrected chi connectivity index (χ1v) is 7.34. The largest absolute Gasteiger partial charge is 0.465 e. The van der Waals surface area contributed by atoms with Crippen LogP contribution in [0.5, 0.6) is 0 Å². The highest BCUT2D eigenvalue weighted by Crippen LogP contribution is 2.19. The Labute approximate surface area is 109 Å². The summed E-state index contributed by atoms with van der Waals surface area (Å²) in [6.45, 7) is 2.21. The van der Waals surface area contributed by atoms with Crippen LogP contribution in [0.3, 0.4) is 0 Å². The van der Waals surface area contributed by atoms with Crippen LogP contribution in [-0.2, 0) is 9.53 Å². The van der Waals surface area contributed by atoms with E-state index in [4.69, 9.17) is 4.74 Å². The lowest BCUT2D eigenvalue weighted by atomic mass is 10.4. The molecule has 0 amide bonds. The van der Waals surface area contributed by atoms with Crippen molar-refractivity contribution in [2.24, 2.45) is 4.99 Å². The van der Waals surface area contributed by atoms with E-state index in [1.807, 2.05) is 24.6 Å². The number of aromatic nitrogens is 1. The van der Waals surface area contributed by atoms with Crippen molar-refractivity contribution in [2.45, 2.75) is 6.92 Å². The lowest BCUT2D eigenvalue weighted by Crippen LogP contribution is -2.07. The Bertz CT molecular complexity index is 382. The smallest absolute Gasteiger partial charge is 0.316 e. The minimum Gasteiger partial charge on any atom is -0.465 e. The Hall–Kier alpha value is -1.01. The van der Waals surface area contributed by atoms with Crippen molar-refractivity contribution in [1.82, 2.24) is 0 Å². The predicted octanol–water partition coefficient (Wildman–Crippen LogP) is 2.15. The Balaban J connectivity index is 2.54. The minimum atomic E-state index is -0.209. The second-order valence-corrected chi connectivity index (χ2v) is 4.95. The van der Waals surface area contributed by atoms with Gasteiger partial charge < -0.3 is 4.74 Å². The van der Waals surface area contributed by atoms with Crippen LogP contribution >= 0.6 is 23.5 Å². The van der Waals surface area contributed by atoms with E-state index < -0.39 is 0 Å². The van der Waals surface area contributed by atoms with Crippen LogP contribution in [0.1, 0.15) is 6.92 Å². The fourth-order valence-electron chi connectivity index (χ4n) is 1.02. The van der Waals surface area contributed by atoms with E-state index in [0.29, 0.717) is 12.4 Å².